The van der Waals surface area contributed by atoms with Gasteiger partial charge in [-0.25, -0.2) is 0 Å². The fourth-order valence-corrected chi connectivity index (χ4v) is 3.54. The number of carbonyl (C=O) groups is 3. The second-order valence-electron chi connectivity index (χ2n) is 5.42. The van der Waals surface area contributed by atoms with Crippen molar-refractivity contribution in [2.24, 2.45) is 5.41 Å². The van der Waals surface area contributed by atoms with Crippen LogP contribution < -0.4 is 0 Å². The number of thioether (sulfide) groups is 2. The van der Waals surface area contributed by atoms with Crippen LogP contribution in [0.3, 0.4) is 0 Å². The van der Waals surface area contributed by atoms with Crippen molar-refractivity contribution < 1.29 is 19.5 Å². The van der Waals surface area contributed by atoms with E-state index in [-0.39, 0.29) is 10.2 Å². The van der Waals surface area contributed by atoms with Gasteiger partial charge in [-0.05, 0) is 18.3 Å². The second kappa shape index (κ2) is 7.33. The van der Waals surface area contributed by atoms with Crippen molar-refractivity contribution >= 4 is 39.7 Å². The largest absolute Gasteiger partial charge is 0.480 e. The molecule has 0 amide bonds. The molecule has 0 bridgehead atoms. The number of carboxylic acid groups (broad SMARTS) is 1. The molecule has 1 atom stereocenters. The maximum absolute atomic E-state index is 11.7. The lowest BCUT2D eigenvalue weighted by molar-refractivity contribution is -0.143. The topological polar surface area (TPSA) is 71.4 Å². The summed E-state index contributed by atoms with van der Waals surface area (Å²) in [6.07, 6.45) is 0.963. The molecule has 0 aromatic rings. The highest BCUT2D eigenvalue weighted by Crippen LogP contribution is 2.46. The maximum Gasteiger partial charge on any atom is 0.320 e. The molecular formula is C13H22O4S2. The fraction of sp³-hybridized carbons (Fsp3) is 0.769. The minimum Gasteiger partial charge on any atom is -0.480 e. The summed E-state index contributed by atoms with van der Waals surface area (Å²) in [4.78, 5) is 33.9. The first-order valence-electron chi connectivity index (χ1n) is 6.09. The number of carbonyl (C=O) groups excluding carboxylic acids is 2. The van der Waals surface area contributed by atoms with Gasteiger partial charge in [-0.1, -0.05) is 44.3 Å². The van der Waals surface area contributed by atoms with Gasteiger partial charge in [0.05, 0.1) is 0 Å². The van der Waals surface area contributed by atoms with Gasteiger partial charge in [0.15, 0.2) is 10.2 Å². The number of carboxylic acids is 1. The highest BCUT2D eigenvalue weighted by atomic mass is 32.2. The van der Waals surface area contributed by atoms with Crippen LogP contribution >= 0.6 is 23.5 Å². The Kier molecular flexibility index (Phi) is 7.15. The first-order valence-corrected chi connectivity index (χ1v) is 7.89. The molecule has 0 heterocycles. The summed E-state index contributed by atoms with van der Waals surface area (Å²) in [5.41, 5.74) is -0.546. The summed E-state index contributed by atoms with van der Waals surface area (Å²) >= 11 is 2.08. The number of aliphatic carboxylic acids is 1. The maximum atomic E-state index is 11.7. The van der Waals surface area contributed by atoms with E-state index < -0.39 is 16.1 Å². The molecule has 19 heavy (non-hydrogen) atoms. The van der Waals surface area contributed by atoms with Crippen LogP contribution in [0.25, 0.3) is 0 Å². The van der Waals surface area contributed by atoms with Crippen LogP contribution in [0, 0.1) is 5.41 Å². The molecule has 6 heteroatoms. The minimum absolute atomic E-state index is 0.0240. The van der Waals surface area contributed by atoms with E-state index >= 15 is 0 Å². The SMILES string of the molecule is CC(=O)SCCCC(SC(C)=O)(C(=O)O)C(C)(C)C. The average Bonchev–Trinajstić information content (AvgIpc) is 2.19. The lowest BCUT2D eigenvalue weighted by Crippen LogP contribution is -2.48. The molecule has 1 N–H and O–H groups in total. The van der Waals surface area contributed by atoms with Crippen LogP contribution in [0.15, 0.2) is 0 Å². The number of rotatable bonds is 6. The van der Waals surface area contributed by atoms with E-state index in [0.717, 1.165) is 11.8 Å². The Morgan fingerprint density at radius 2 is 1.58 bits per heavy atom. The Labute approximate surface area is 123 Å². The van der Waals surface area contributed by atoms with E-state index in [1.54, 1.807) is 0 Å². The van der Waals surface area contributed by atoms with E-state index in [1.165, 1.54) is 25.6 Å². The Hall–Kier alpha value is -0.490. The molecule has 0 spiro atoms. The quantitative estimate of drug-likeness (QED) is 0.760. The smallest absolute Gasteiger partial charge is 0.320 e. The number of hydrogen-bond donors (Lipinski definition) is 1. The Morgan fingerprint density at radius 1 is 1.05 bits per heavy atom. The molecule has 0 aliphatic rings. The van der Waals surface area contributed by atoms with Gasteiger partial charge in [-0.3, -0.25) is 14.4 Å². The Morgan fingerprint density at radius 3 is 1.89 bits per heavy atom. The summed E-state index contributed by atoms with van der Waals surface area (Å²) in [6, 6.07) is 0. The molecule has 0 aliphatic carbocycles. The summed E-state index contributed by atoms with van der Waals surface area (Å²) in [5.74, 6) is -0.383. The van der Waals surface area contributed by atoms with Crippen LogP contribution in [0.5, 0.6) is 0 Å². The highest BCUT2D eigenvalue weighted by Gasteiger charge is 2.50. The fourth-order valence-electron chi connectivity index (χ4n) is 1.83. The van der Waals surface area contributed by atoms with Gasteiger partial charge in [0.1, 0.15) is 4.75 Å². The zero-order valence-corrected chi connectivity index (χ0v) is 13.7. The third-order valence-corrected chi connectivity index (χ3v) is 5.38. The van der Waals surface area contributed by atoms with Crippen molar-refractivity contribution in [2.45, 2.75) is 52.2 Å². The molecule has 0 aromatic heterocycles. The highest BCUT2D eigenvalue weighted by molar-refractivity contribution is 8.15. The second-order valence-corrected chi connectivity index (χ2v) is 8.17. The standard InChI is InChI=1S/C13H22O4S2/c1-9(14)18-8-6-7-13(11(16)17,12(3,4)5)19-10(2)15/h6-8H2,1-5H3,(H,16,17). The molecule has 0 fully saturated rings. The number of hydrogen-bond acceptors (Lipinski definition) is 5. The van der Waals surface area contributed by atoms with Gasteiger partial charge in [-0.15, -0.1) is 0 Å². The van der Waals surface area contributed by atoms with Crippen molar-refractivity contribution in [3.05, 3.63) is 0 Å². The third kappa shape index (κ3) is 5.57. The van der Waals surface area contributed by atoms with E-state index in [1.807, 2.05) is 20.8 Å². The van der Waals surface area contributed by atoms with Crippen LogP contribution in [-0.2, 0) is 14.4 Å². The van der Waals surface area contributed by atoms with Gasteiger partial charge in [0, 0.05) is 19.6 Å². The van der Waals surface area contributed by atoms with Crippen LogP contribution in [-0.4, -0.2) is 31.8 Å². The van der Waals surface area contributed by atoms with Crippen molar-refractivity contribution in [1.82, 2.24) is 0 Å². The molecule has 4 nitrogen and oxygen atoms in total. The summed E-state index contributed by atoms with van der Waals surface area (Å²) in [6.45, 7) is 8.36. The zero-order chi connectivity index (χ0) is 15.3. The molecule has 0 saturated carbocycles. The first-order chi connectivity index (χ1) is 8.53. The van der Waals surface area contributed by atoms with Crippen molar-refractivity contribution in [3.63, 3.8) is 0 Å². The molecule has 0 aromatic carbocycles. The van der Waals surface area contributed by atoms with Crippen molar-refractivity contribution in [2.75, 3.05) is 5.75 Å². The minimum atomic E-state index is -1.14. The molecule has 0 aliphatic heterocycles. The normalized spacial score (nSPS) is 14.8. The van der Waals surface area contributed by atoms with Crippen molar-refractivity contribution in [1.29, 1.82) is 0 Å². The Balaban J connectivity index is 4.98. The monoisotopic (exact) mass is 306 g/mol. The lowest BCUT2D eigenvalue weighted by Gasteiger charge is -2.39. The van der Waals surface area contributed by atoms with Gasteiger partial charge in [-0.2, -0.15) is 0 Å². The average molecular weight is 306 g/mol. The zero-order valence-electron chi connectivity index (χ0n) is 12.1. The molecule has 0 saturated heterocycles. The molecule has 0 rings (SSSR count). The molecule has 0 radical (unpaired) electrons. The molecule has 1 unspecified atom stereocenters. The van der Waals surface area contributed by atoms with Gasteiger partial charge >= 0.3 is 5.97 Å². The summed E-state index contributed by atoms with van der Waals surface area (Å²) in [7, 11) is 0. The summed E-state index contributed by atoms with van der Waals surface area (Å²) < 4.78 is -1.14. The first kappa shape index (κ1) is 18.5. The van der Waals surface area contributed by atoms with Gasteiger partial charge in [0.25, 0.3) is 0 Å². The van der Waals surface area contributed by atoms with Crippen LogP contribution in [0.2, 0.25) is 0 Å². The van der Waals surface area contributed by atoms with E-state index in [9.17, 15) is 19.5 Å². The van der Waals surface area contributed by atoms with E-state index in [0.29, 0.717) is 18.6 Å². The van der Waals surface area contributed by atoms with Crippen LogP contribution in [0.1, 0.15) is 47.5 Å². The molecular weight excluding hydrogens is 284 g/mol. The Bertz CT molecular complexity index is 360. The lowest BCUT2D eigenvalue weighted by atomic mass is 9.77. The summed E-state index contributed by atoms with van der Waals surface area (Å²) in [5, 5.41) is 9.40. The van der Waals surface area contributed by atoms with E-state index in [4.69, 9.17) is 0 Å². The van der Waals surface area contributed by atoms with Crippen molar-refractivity contribution in [3.8, 4) is 0 Å². The van der Waals surface area contributed by atoms with Gasteiger partial charge in [0.2, 0.25) is 0 Å². The predicted octanol–water partition coefficient (Wildman–Crippen LogP) is 3.20. The third-order valence-electron chi connectivity index (χ3n) is 2.85. The molecule has 110 valence electrons. The van der Waals surface area contributed by atoms with Crippen LogP contribution in [0.4, 0.5) is 0 Å². The predicted molar refractivity (Wildman–Crippen MR) is 80.5 cm³/mol. The van der Waals surface area contributed by atoms with Gasteiger partial charge < -0.3 is 5.11 Å². The van der Waals surface area contributed by atoms with E-state index in [2.05, 4.69) is 0 Å².